The number of carboxylic acids is 1. The lowest BCUT2D eigenvalue weighted by molar-refractivity contribution is 0.0697. The van der Waals surface area contributed by atoms with Crippen LogP contribution in [0.4, 0.5) is 0 Å². The zero-order valence-electron chi connectivity index (χ0n) is 22.5. The molecule has 4 rings (SSSR count). The summed E-state index contributed by atoms with van der Waals surface area (Å²) >= 11 is 0. The highest BCUT2D eigenvalue weighted by Crippen LogP contribution is 2.30. The fourth-order valence-electron chi connectivity index (χ4n) is 4.72. The van der Waals surface area contributed by atoms with E-state index in [0.717, 1.165) is 12.5 Å². The van der Waals surface area contributed by atoms with Gasteiger partial charge in [0.05, 0.1) is 23.2 Å². The van der Waals surface area contributed by atoms with E-state index in [-0.39, 0.29) is 11.4 Å². The second kappa shape index (κ2) is 12.1. The van der Waals surface area contributed by atoms with Crippen LogP contribution in [0.1, 0.15) is 66.5 Å². The molecule has 10 nitrogen and oxygen atoms in total. The van der Waals surface area contributed by atoms with Crippen molar-refractivity contribution in [2.45, 2.75) is 55.5 Å². The van der Waals surface area contributed by atoms with Crippen LogP contribution < -0.4 is 5.56 Å². The van der Waals surface area contributed by atoms with Crippen molar-refractivity contribution in [1.82, 2.24) is 14.5 Å². The molecule has 0 aliphatic heterocycles. The smallest absolute Gasteiger partial charge is 0.336 e. The van der Waals surface area contributed by atoms with Crippen molar-refractivity contribution in [1.29, 1.82) is 5.26 Å². The number of nitrogens with zero attached hydrogens (tertiary/aromatic N) is 4. The predicted octanol–water partition coefficient (Wildman–Crippen LogP) is 4.76. The molecule has 0 saturated carbocycles. The van der Waals surface area contributed by atoms with Crippen LogP contribution in [0.25, 0.3) is 11.1 Å². The van der Waals surface area contributed by atoms with E-state index >= 15 is 0 Å². The largest absolute Gasteiger partial charge is 0.492 e. The summed E-state index contributed by atoms with van der Waals surface area (Å²) in [6.07, 6.45) is 3.33. The molecule has 0 radical (unpaired) electrons. The molecule has 2 aromatic heterocycles. The maximum Gasteiger partial charge on any atom is 0.336 e. The minimum absolute atomic E-state index is 0.0170. The predicted molar refractivity (Wildman–Crippen MR) is 150 cm³/mol. The van der Waals surface area contributed by atoms with Gasteiger partial charge in [0.2, 0.25) is 20.6 Å². The maximum atomic E-state index is 14.0. The zero-order chi connectivity index (χ0) is 29.7. The fraction of sp³-hybridized carbons (Fsp3) is 0.233. The number of carbonyl (C=O) groups is 1. The van der Waals surface area contributed by atoms with Crippen LogP contribution in [0, 0.1) is 11.3 Å². The van der Waals surface area contributed by atoms with Crippen molar-refractivity contribution in [2.75, 3.05) is 0 Å². The summed E-state index contributed by atoms with van der Waals surface area (Å²) in [5, 5.41) is 29.2. The molecule has 210 valence electrons. The molecule has 0 aliphatic rings. The van der Waals surface area contributed by atoms with Gasteiger partial charge in [-0.05, 0) is 54.3 Å². The van der Waals surface area contributed by atoms with Crippen molar-refractivity contribution >= 4 is 15.8 Å². The van der Waals surface area contributed by atoms with E-state index in [1.807, 2.05) is 13.8 Å². The zero-order valence-corrected chi connectivity index (χ0v) is 23.3. The topological polar surface area (TPSA) is 163 Å². The number of hydrogen-bond donors (Lipinski definition) is 2. The van der Waals surface area contributed by atoms with Gasteiger partial charge in [-0.2, -0.15) is 10.2 Å². The van der Waals surface area contributed by atoms with Gasteiger partial charge in [-0.3, -0.25) is 9.36 Å². The number of hydrogen-bond acceptors (Lipinski definition) is 8. The van der Waals surface area contributed by atoms with Crippen molar-refractivity contribution in [3.63, 3.8) is 0 Å². The Bertz CT molecular complexity index is 1810. The van der Waals surface area contributed by atoms with E-state index in [1.54, 1.807) is 42.5 Å². The SMILES string of the molecule is CCCCc1nc(O)c(S(=O)(=O)c2ccc(-c3ccccc3C(=O)O)cn2)c(=O)n1C(CC)c1cccc(C#N)c1. The lowest BCUT2D eigenvalue weighted by atomic mass is 10.0. The third-order valence-electron chi connectivity index (χ3n) is 6.73. The molecule has 2 N–H and O–H groups in total. The number of unbranched alkanes of at least 4 members (excludes halogenated alkanes) is 1. The van der Waals surface area contributed by atoms with Gasteiger partial charge in [0.15, 0.2) is 5.03 Å². The molecule has 0 aliphatic carbocycles. The molecule has 2 aromatic carbocycles. The van der Waals surface area contributed by atoms with E-state index in [0.29, 0.717) is 41.5 Å². The van der Waals surface area contributed by atoms with Gasteiger partial charge >= 0.3 is 5.97 Å². The van der Waals surface area contributed by atoms with E-state index < -0.39 is 43.2 Å². The third-order valence-corrected chi connectivity index (χ3v) is 8.42. The average Bonchev–Trinajstić information content (AvgIpc) is 2.97. The number of aryl methyl sites for hydroxylation is 1. The monoisotopic (exact) mass is 572 g/mol. The summed E-state index contributed by atoms with van der Waals surface area (Å²) in [7, 11) is -4.65. The summed E-state index contributed by atoms with van der Waals surface area (Å²) in [6.45, 7) is 3.79. The average molecular weight is 573 g/mol. The highest BCUT2D eigenvalue weighted by atomic mass is 32.2. The first-order valence-electron chi connectivity index (χ1n) is 13.0. The molecule has 41 heavy (non-hydrogen) atoms. The van der Waals surface area contributed by atoms with Crippen LogP contribution in [0.3, 0.4) is 0 Å². The lowest BCUT2D eigenvalue weighted by Gasteiger charge is -2.23. The molecule has 1 atom stereocenters. The number of pyridine rings is 1. The Morgan fingerprint density at radius 1 is 1.10 bits per heavy atom. The van der Waals surface area contributed by atoms with Crippen molar-refractivity contribution in [3.8, 4) is 23.1 Å². The number of carboxylic acid groups (broad SMARTS) is 1. The van der Waals surface area contributed by atoms with E-state index in [1.165, 1.54) is 22.9 Å². The first-order chi connectivity index (χ1) is 19.6. The molecule has 2 heterocycles. The molecule has 4 aromatic rings. The maximum absolute atomic E-state index is 14.0. The summed E-state index contributed by atoms with van der Waals surface area (Å²) in [5.41, 5.74) is 0.788. The highest BCUT2D eigenvalue weighted by Gasteiger charge is 2.32. The van der Waals surface area contributed by atoms with Gasteiger partial charge in [-0.1, -0.05) is 50.6 Å². The first kappa shape index (κ1) is 29.2. The highest BCUT2D eigenvalue weighted by molar-refractivity contribution is 7.91. The van der Waals surface area contributed by atoms with Gasteiger partial charge in [0.1, 0.15) is 5.82 Å². The standard InChI is InChI=1S/C30H28N4O6S/c1-3-5-13-25-33-28(35)27(29(36)34(25)24(4-2)20-10-8-9-19(16-20)17-31)41(39,40)26-15-14-21(18-32-26)22-11-6-7-12-23(22)30(37)38/h6-12,14-16,18,24,35H,3-5,13H2,1-2H3,(H,37,38). The second-order valence-corrected chi connectivity index (χ2v) is 11.2. The number of aromatic carboxylic acids is 1. The molecule has 0 fully saturated rings. The minimum atomic E-state index is -4.65. The van der Waals surface area contributed by atoms with Crippen LogP contribution >= 0.6 is 0 Å². The molecule has 0 saturated heterocycles. The number of nitriles is 1. The molecule has 0 amide bonds. The normalized spacial score (nSPS) is 12.0. The number of aromatic hydroxyl groups is 1. The van der Waals surface area contributed by atoms with E-state index in [4.69, 9.17) is 0 Å². The second-order valence-electron chi connectivity index (χ2n) is 9.36. The molecular weight excluding hydrogens is 544 g/mol. The summed E-state index contributed by atoms with van der Waals surface area (Å²) < 4.78 is 28.7. The lowest BCUT2D eigenvalue weighted by Crippen LogP contribution is -2.33. The summed E-state index contributed by atoms with van der Waals surface area (Å²) in [6, 6.07) is 16.9. The molecule has 1 unspecified atom stereocenters. The van der Waals surface area contributed by atoms with Gasteiger partial charge in [-0.15, -0.1) is 0 Å². The Balaban J connectivity index is 1.87. The molecule has 11 heteroatoms. The van der Waals surface area contributed by atoms with Gasteiger partial charge in [-0.25, -0.2) is 18.2 Å². The van der Waals surface area contributed by atoms with Gasteiger partial charge < -0.3 is 10.2 Å². The quantitative estimate of drug-likeness (QED) is 0.273. The number of aromatic nitrogens is 3. The number of rotatable bonds is 10. The van der Waals surface area contributed by atoms with Crippen LogP contribution in [-0.4, -0.2) is 39.1 Å². The van der Waals surface area contributed by atoms with E-state index in [9.17, 15) is 33.5 Å². The summed E-state index contributed by atoms with van der Waals surface area (Å²) in [4.78, 5) is 32.9. The Kier molecular flexibility index (Phi) is 8.64. The fourth-order valence-corrected chi connectivity index (χ4v) is 5.99. The van der Waals surface area contributed by atoms with Gasteiger partial charge in [0.25, 0.3) is 5.56 Å². The molecule has 0 spiro atoms. The van der Waals surface area contributed by atoms with Crippen LogP contribution in [0.2, 0.25) is 0 Å². The molecular formula is C30H28N4O6S. The number of sulfone groups is 1. The minimum Gasteiger partial charge on any atom is -0.492 e. The Morgan fingerprint density at radius 3 is 2.49 bits per heavy atom. The third kappa shape index (κ3) is 5.73. The van der Waals surface area contributed by atoms with Crippen LogP contribution in [-0.2, 0) is 16.3 Å². The Morgan fingerprint density at radius 2 is 1.85 bits per heavy atom. The van der Waals surface area contributed by atoms with Crippen molar-refractivity contribution < 1.29 is 23.4 Å². The first-order valence-corrected chi connectivity index (χ1v) is 14.5. The van der Waals surface area contributed by atoms with Gasteiger partial charge in [0, 0.05) is 18.2 Å². The molecule has 0 bridgehead atoms. The number of benzene rings is 2. The van der Waals surface area contributed by atoms with E-state index in [2.05, 4.69) is 16.0 Å². The van der Waals surface area contributed by atoms with Crippen LogP contribution in [0.5, 0.6) is 5.88 Å². The van der Waals surface area contributed by atoms with Crippen molar-refractivity contribution in [3.05, 3.63) is 99.7 Å². The summed E-state index contributed by atoms with van der Waals surface area (Å²) in [5.74, 6) is -1.83. The van der Waals surface area contributed by atoms with Crippen molar-refractivity contribution in [2.24, 2.45) is 0 Å². The Hall–Kier alpha value is -4.82. The van der Waals surface area contributed by atoms with Crippen LogP contribution in [0.15, 0.2) is 81.6 Å². The Labute approximate surface area is 237 Å².